The Labute approximate surface area is 142 Å². The molecule has 2 amide bonds. The van der Waals surface area contributed by atoms with Gasteiger partial charge in [-0.3, -0.25) is 9.59 Å². The van der Waals surface area contributed by atoms with Crippen molar-refractivity contribution in [2.75, 3.05) is 10.2 Å². The van der Waals surface area contributed by atoms with Gasteiger partial charge in [0.2, 0.25) is 5.91 Å². The first-order valence-corrected chi connectivity index (χ1v) is 8.29. The number of hydrogen-bond acceptors (Lipinski definition) is 3. The average Bonchev–Trinajstić information content (AvgIpc) is 2.85. The molecule has 2 aromatic rings. The normalized spacial score (nSPS) is 17.5. The first kappa shape index (κ1) is 16.2. The first-order chi connectivity index (χ1) is 11.5. The Bertz CT molecular complexity index is 781. The van der Waals surface area contributed by atoms with Crippen molar-refractivity contribution in [1.82, 2.24) is 0 Å². The maximum Gasteiger partial charge on any atom is 0.256 e. The zero-order valence-electron chi connectivity index (χ0n) is 14.3. The van der Waals surface area contributed by atoms with Crippen LogP contribution in [0.3, 0.4) is 0 Å². The SMILES string of the molecule is CCc1ccc(N2C(=O)CC(Nc3ccc(C)c(C)c3)C2=O)cc1. The summed E-state index contributed by atoms with van der Waals surface area (Å²) in [5, 5.41) is 3.20. The van der Waals surface area contributed by atoms with E-state index in [1.165, 1.54) is 16.0 Å². The summed E-state index contributed by atoms with van der Waals surface area (Å²) in [6, 6.07) is 13.1. The number of amides is 2. The Morgan fingerprint density at radius 3 is 2.38 bits per heavy atom. The number of nitrogens with one attached hydrogen (secondary N) is 1. The number of imide groups is 1. The Morgan fingerprint density at radius 1 is 1.04 bits per heavy atom. The molecule has 1 aliphatic heterocycles. The van der Waals surface area contributed by atoms with Crippen LogP contribution in [0.1, 0.15) is 30.0 Å². The number of carbonyl (C=O) groups excluding carboxylic acids is 2. The molecule has 2 aromatic carbocycles. The minimum Gasteiger partial charge on any atom is -0.373 e. The summed E-state index contributed by atoms with van der Waals surface area (Å²) >= 11 is 0. The van der Waals surface area contributed by atoms with Gasteiger partial charge in [0.1, 0.15) is 6.04 Å². The van der Waals surface area contributed by atoms with Gasteiger partial charge in [0.25, 0.3) is 5.91 Å². The van der Waals surface area contributed by atoms with Crippen molar-refractivity contribution < 1.29 is 9.59 Å². The molecular formula is C20H22N2O2. The quantitative estimate of drug-likeness (QED) is 0.875. The van der Waals surface area contributed by atoms with E-state index < -0.39 is 6.04 Å². The van der Waals surface area contributed by atoms with E-state index in [1.807, 2.05) is 56.3 Å². The molecule has 24 heavy (non-hydrogen) atoms. The molecule has 0 aliphatic carbocycles. The fourth-order valence-corrected chi connectivity index (χ4v) is 2.93. The Morgan fingerprint density at radius 2 is 1.75 bits per heavy atom. The molecule has 3 rings (SSSR count). The van der Waals surface area contributed by atoms with Gasteiger partial charge >= 0.3 is 0 Å². The van der Waals surface area contributed by atoms with Crippen LogP contribution in [0.15, 0.2) is 42.5 Å². The van der Waals surface area contributed by atoms with Gasteiger partial charge in [0.15, 0.2) is 0 Å². The topological polar surface area (TPSA) is 49.4 Å². The third kappa shape index (κ3) is 3.04. The highest BCUT2D eigenvalue weighted by Gasteiger charge is 2.39. The summed E-state index contributed by atoms with van der Waals surface area (Å²) in [7, 11) is 0. The Balaban J connectivity index is 1.79. The summed E-state index contributed by atoms with van der Waals surface area (Å²) < 4.78 is 0. The number of hydrogen-bond donors (Lipinski definition) is 1. The molecule has 124 valence electrons. The van der Waals surface area contributed by atoms with Crippen molar-refractivity contribution in [1.29, 1.82) is 0 Å². The third-order valence-corrected chi connectivity index (χ3v) is 4.60. The molecule has 0 aromatic heterocycles. The highest BCUT2D eigenvalue weighted by molar-refractivity contribution is 6.23. The smallest absolute Gasteiger partial charge is 0.256 e. The second kappa shape index (κ2) is 6.48. The van der Waals surface area contributed by atoms with Crippen LogP contribution in [0.25, 0.3) is 0 Å². The molecule has 1 N–H and O–H groups in total. The molecule has 1 unspecified atom stereocenters. The Hall–Kier alpha value is -2.62. The van der Waals surface area contributed by atoms with Crippen LogP contribution in [-0.2, 0) is 16.0 Å². The molecule has 1 atom stereocenters. The van der Waals surface area contributed by atoms with Crippen LogP contribution < -0.4 is 10.2 Å². The van der Waals surface area contributed by atoms with E-state index in [9.17, 15) is 9.59 Å². The van der Waals surface area contributed by atoms with Crippen LogP contribution in [0.2, 0.25) is 0 Å². The minimum absolute atomic E-state index is 0.161. The van der Waals surface area contributed by atoms with Gasteiger partial charge in [0.05, 0.1) is 12.1 Å². The number of rotatable bonds is 4. The van der Waals surface area contributed by atoms with Gasteiger partial charge in [0, 0.05) is 5.69 Å². The van der Waals surface area contributed by atoms with Crippen molar-refractivity contribution in [3.05, 3.63) is 59.2 Å². The van der Waals surface area contributed by atoms with Crippen molar-refractivity contribution in [3.63, 3.8) is 0 Å². The maximum absolute atomic E-state index is 12.7. The van der Waals surface area contributed by atoms with E-state index in [0.29, 0.717) is 5.69 Å². The standard InChI is InChI=1S/C20H22N2O2/c1-4-15-6-9-17(10-7-15)22-19(23)12-18(20(22)24)21-16-8-5-13(2)14(3)11-16/h5-11,18,21H,4,12H2,1-3H3. The summed E-state index contributed by atoms with van der Waals surface area (Å²) in [6.45, 7) is 6.15. The van der Waals surface area contributed by atoms with Crippen molar-refractivity contribution >= 4 is 23.2 Å². The minimum atomic E-state index is -0.509. The van der Waals surface area contributed by atoms with Crippen LogP contribution >= 0.6 is 0 Å². The molecule has 1 saturated heterocycles. The van der Waals surface area contributed by atoms with Gasteiger partial charge in [-0.1, -0.05) is 25.1 Å². The highest BCUT2D eigenvalue weighted by Crippen LogP contribution is 2.26. The van der Waals surface area contributed by atoms with Crippen molar-refractivity contribution in [3.8, 4) is 0 Å². The molecule has 1 aliphatic rings. The molecule has 4 heteroatoms. The number of anilines is 2. The molecule has 0 bridgehead atoms. The summed E-state index contributed by atoms with van der Waals surface area (Å²) in [5.41, 5.74) is 5.05. The lowest BCUT2D eigenvalue weighted by molar-refractivity contribution is -0.121. The van der Waals surface area contributed by atoms with Crippen LogP contribution in [-0.4, -0.2) is 17.9 Å². The van der Waals surface area contributed by atoms with Gasteiger partial charge in [-0.25, -0.2) is 4.90 Å². The average molecular weight is 322 g/mol. The van der Waals surface area contributed by atoms with Gasteiger partial charge in [-0.15, -0.1) is 0 Å². The van der Waals surface area contributed by atoms with Crippen molar-refractivity contribution in [2.24, 2.45) is 0 Å². The van der Waals surface area contributed by atoms with Gasteiger partial charge in [-0.2, -0.15) is 0 Å². The van der Waals surface area contributed by atoms with E-state index in [2.05, 4.69) is 12.2 Å². The largest absolute Gasteiger partial charge is 0.373 e. The molecule has 0 radical (unpaired) electrons. The predicted molar refractivity (Wildman–Crippen MR) is 96.3 cm³/mol. The van der Waals surface area contributed by atoms with Gasteiger partial charge in [-0.05, 0) is 61.2 Å². The first-order valence-electron chi connectivity index (χ1n) is 8.29. The molecule has 0 spiro atoms. The molecule has 1 heterocycles. The third-order valence-electron chi connectivity index (χ3n) is 4.60. The predicted octanol–water partition coefficient (Wildman–Crippen LogP) is 3.61. The van der Waals surface area contributed by atoms with Gasteiger partial charge < -0.3 is 5.32 Å². The summed E-state index contributed by atoms with van der Waals surface area (Å²) in [5.74, 6) is -0.354. The van der Waals surface area contributed by atoms with E-state index in [1.54, 1.807) is 0 Å². The number of benzene rings is 2. The second-order valence-corrected chi connectivity index (χ2v) is 6.29. The van der Waals surface area contributed by atoms with E-state index in [4.69, 9.17) is 0 Å². The molecular weight excluding hydrogens is 300 g/mol. The van der Waals surface area contributed by atoms with Crippen molar-refractivity contribution in [2.45, 2.75) is 39.7 Å². The number of aryl methyl sites for hydroxylation is 3. The zero-order valence-corrected chi connectivity index (χ0v) is 14.3. The summed E-state index contributed by atoms with van der Waals surface area (Å²) in [4.78, 5) is 26.3. The number of nitrogens with zero attached hydrogens (tertiary/aromatic N) is 1. The zero-order chi connectivity index (χ0) is 17.3. The van der Waals surface area contributed by atoms with E-state index >= 15 is 0 Å². The second-order valence-electron chi connectivity index (χ2n) is 6.29. The highest BCUT2D eigenvalue weighted by atomic mass is 16.2. The van der Waals surface area contributed by atoms with Crippen LogP contribution in [0.4, 0.5) is 11.4 Å². The van der Waals surface area contributed by atoms with Crippen LogP contribution in [0, 0.1) is 13.8 Å². The molecule has 1 fully saturated rings. The fourth-order valence-electron chi connectivity index (χ4n) is 2.93. The van der Waals surface area contributed by atoms with E-state index in [0.717, 1.165) is 17.7 Å². The number of carbonyl (C=O) groups is 2. The Kier molecular flexibility index (Phi) is 4.38. The summed E-state index contributed by atoms with van der Waals surface area (Å²) in [6.07, 6.45) is 1.11. The monoisotopic (exact) mass is 322 g/mol. The molecule has 0 saturated carbocycles. The van der Waals surface area contributed by atoms with E-state index in [-0.39, 0.29) is 18.2 Å². The molecule has 4 nitrogen and oxygen atoms in total. The lowest BCUT2D eigenvalue weighted by atomic mass is 10.1. The maximum atomic E-state index is 12.7. The van der Waals surface area contributed by atoms with Crippen LogP contribution in [0.5, 0.6) is 0 Å². The lowest BCUT2D eigenvalue weighted by Crippen LogP contribution is -2.34. The fraction of sp³-hybridized carbons (Fsp3) is 0.300. The lowest BCUT2D eigenvalue weighted by Gasteiger charge is -2.17.